The monoisotopic (exact) mass is 219 g/mol. The van der Waals surface area contributed by atoms with Gasteiger partial charge in [0.25, 0.3) is 0 Å². The molecule has 1 aliphatic heterocycles. The van der Waals surface area contributed by atoms with Gasteiger partial charge >= 0.3 is 0 Å². The number of morpholine rings is 1. The predicted molar refractivity (Wildman–Crippen MR) is 60.5 cm³/mol. The molecule has 1 heterocycles. The van der Waals surface area contributed by atoms with Crippen LogP contribution in [0.1, 0.15) is 5.56 Å². The van der Waals surface area contributed by atoms with Gasteiger partial charge in [-0.05, 0) is 24.3 Å². The molecule has 2 nitrogen and oxygen atoms in total. The van der Waals surface area contributed by atoms with E-state index in [9.17, 15) is 4.39 Å². The smallest absolute Gasteiger partial charge is 0.123 e. The van der Waals surface area contributed by atoms with E-state index in [0.29, 0.717) is 0 Å². The maximum Gasteiger partial charge on any atom is 0.123 e. The maximum atomic E-state index is 12.6. The molecular weight excluding hydrogens is 205 g/mol. The van der Waals surface area contributed by atoms with Crippen LogP contribution in [0, 0.1) is 17.7 Å². The van der Waals surface area contributed by atoms with Gasteiger partial charge in [-0.1, -0.05) is 11.8 Å². The third-order valence-electron chi connectivity index (χ3n) is 2.48. The lowest BCUT2D eigenvalue weighted by molar-refractivity contribution is 0.0443. The minimum absolute atomic E-state index is 0.223. The van der Waals surface area contributed by atoms with Crippen LogP contribution in [0.4, 0.5) is 4.39 Å². The van der Waals surface area contributed by atoms with Gasteiger partial charge in [0.15, 0.2) is 0 Å². The average Bonchev–Trinajstić information content (AvgIpc) is 2.33. The van der Waals surface area contributed by atoms with Gasteiger partial charge in [-0.15, -0.1) is 0 Å². The van der Waals surface area contributed by atoms with Gasteiger partial charge in [0, 0.05) is 18.7 Å². The Labute approximate surface area is 95.0 Å². The van der Waals surface area contributed by atoms with E-state index < -0.39 is 0 Å². The van der Waals surface area contributed by atoms with E-state index in [1.807, 2.05) is 0 Å². The Kier molecular flexibility index (Phi) is 3.92. The minimum atomic E-state index is -0.223. The van der Waals surface area contributed by atoms with Gasteiger partial charge < -0.3 is 4.74 Å². The maximum absolute atomic E-state index is 12.6. The van der Waals surface area contributed by atoms with Crippen molar-refractivity contribution < 1.29 is 9.13 Å². The van der Waals surface area contributed by atoms with Gasteiger partial charge in [-0.3, -0.25) is 4.90 Å². The Hall–Kier alpha value is -1.37. The van der Waals surface area contributed by atoms with E-state index in [2.05, 4.69) is 16.7 Å². The Morgan fingerprint density at radius 1 is 1.19 bits per heavy atom. The summed E-state index contributed by atoms with van der Waals surface area (Å²) in [6.45, 7) is 4.22. The van der Waals surface area contributed by atoms with Crippen molar-refractivity contribution in [1.82, 2.24) is 4.90 Å². The number of rotatable bonds is 1. The largest absolute Gasteiger partial charge is 0.379 e. The summed E-state index contributed by atoms with van der Waals surface area (Å²) in [6, 6.07) is 6.25. The van der Waals surface area contributed by atoms with E-state index in [1.165, 1.54) is 12.1 Å². The number of nitrogens with zero attached hydrogens (tertiary/aromatic N) is 1. The van der Waals surface area contributed by atoms with Crippen molar-refractivity contribution in [1.29, 1.82) is 0 Å². The summed E-state index contributed by atoms with van der Waals surface area (Å²) in [6.07, 6.45) is 0. The Morgan fingerprint density at radius 2 is 1.88 bits per heavy atom. The first-order chi connectivity index (χ1) is 7.84. The predicted octanol–water partition coefficient (Wildman–Crippen LogP) is 1.51. The van der Waals surface area contributed by atoms with Gasteiger partial charge in [-0.25, -0.2) is 4.39 Å². The number of hydrogen-bond donors (Lipinski definition) is 0. The van der Waals surface area contributed by atoms with E-state index in [0.717, 1.165) is 38.4 Å². The van der Waals surface area contributed by atoms with Crippen LogP contribution in [0.2, 0.25) is 0 Å². The third kappa shape index (κ3) is 3.34. The molecule has 3 heteroatoms. The second-order valence-corrected chi connectivity index (χ2v) is 3.70. The first-order valence-corrected chi connectivity index (χ1v) is 5.39. The first-order valence-electron chi connectivity index (χ1n) is 5.39. The lowest BCUT2D eigenvalue weighted by atomic mass is 10.2. The lowest BCUT2D eigenvalue weighted by Gasteiger charge is -2.24. The molecule has 0 aliphatic carbocycles. The van der Waals surface area contributed by atoms with Crippen molar-refractivity contribution in [2.75, 3.05) is 32.8 Å². The fourth-order valence-electron chi connectivity index (χ4n) is 1.55. The van der Waals surface area contributed by atoms with Crippen molar-refractivity contribution in [3.8, 4) is 11.8 Å². The Morgan fingerprint density at radius 3 is 2.56 bits per heavy atom. The molecule has 1 aliphatic rings. The first kappa shape index (κ1) is 11.1. The van der Waals surface area contributed by atoms with Crippen molar-refractivity contribution in [3.05, 3.63) is 35.6 Å². The molecule has 0 N–H and O–H groups in total. The molecule has 0 atom stereocenters. The van der Waals surface area contributed by atoms with E-state index in [4.69, 9.17) is 4.74 Å². The molecule has 0 spiro atoms. The molecule has 0 radical (unpaired) electrons. The SMILES string of the molecule is Fc1ccc(C#CCN2CCOCC2)cc1. The van der Waals surface area contributed by atoms with Gasteiger partial charge in [0.05, 0.1) is 19.8 Å². The normalized spacial score (nSPS) is 16.6. The summed E-state index contributed by atoms with van der Waals surface area (Å²) in [5, 5.41) is 0. The summed E-state index contributed by atoms with van der Waals surface area (Å²) in [5.41, 5.74) is 0.856. The molecule has 1 fully saturated rings. The fraction of sp³-hybridized carbons (Fsp3) is 0.385. The van der Waals surface area contributed by atoms with Crippen molar-refractivity contribution in [2.24, 2.45) is 0 Å². The highest BCUT2D eigenvalue weighted by Crippen LogP contribution is 2.00. The summed E-state index contributed by atoms with van der Waals surface area (Å²) >= 11 is 0. The number of benzene rings is 1. The molecule has 0 aromatic heterocycles. The van der Waals surface area contributed by atoms with Crippen molar-refractivity contribution in [3.63, 3.8) is 0 Å². The van der Waals surface area contributed by atoms with Crippen LogP contribution in [0.15, 0.2) is 24.3 Å². The standard InChI is InChI=1S/C13H14FNO/c14-13-5-3-12(4-6-13)2-1-7-15-8-10-16-11-9-15/h3-6H,7-11H2. The molecular formula is C13H14FNO. The van der Waals surface area contributed by atoms with E-state index in [1.54, 1.807) is 12.1 Å². The van der Waals surface area contributed by atoms with Crippen LogP contribution in [0.3, 0.4) is 0 Å². The van der Waals surface area contributed by atoms with Crippen molar-refractivity contribution in [2.45, 2.75) is 0 Å². The second-order valence-electron chi connectivity index (χ2n) is 3.70. The molecule has 2 rings (SSSR count). The van der Waals surface area contributed by atoms with Crippen LogP contribution in [-0.4, -0.2) is 37.7 Å². The summed E-state index contributed by atoms with van der Waals surface area (Å²) < 4.78 is 17.9. The second kappa shape index (κ2) is 5.64. The van der Waals surface area contributed by atoms with E-state index >= 15 is 0 Å². The molecule has 0 amide bonds. The number of halogens is 1. The molecule has 84 valence electrons. The zero-order valence-electron chi connectivity index (χ0n) is 9.08. The van der Waals surface area contributed by atoms with Gasteiger partial charge in [-0.2, -0.15) is 0 Å². The molecule has 1 aromatic rings. The quantitative estimate of drug-likeness (QED) is 0.664. The van der Waals surface area contributed by atoms with E-state index in [-0.39, 0.29) is 5.82 Å². The van der Waals surface area contributed by atoms with Crippen LogP contribution in [0.5, 0.6) is 0 Å². The molecule has 0 bridgehead atoms. The molecule has 1 aromatic carbocycles. The molecule has 1 saturated heterocycles. The minimum Gasteiger partial charge on any atom is -0.379 e. The number of hydrogen-bond acceptors (Lipinski definition) is 2. The Bertz CT molecular complexity index is 385. The van der Waals surface area contributed by atoms with Crippen LogP contribution in [0.25, 0.3) is 0 Å². The number of ether oxygens (including phenoxy) is 1. The molecule has 16 heavy (non-hydrogen) atoms. The zero-order chi connectivity index (χ0) is 11.2. The highest BCUT2D eigenvalue weighted by Gasteiger charge is 2.07. The Balaban J connectivity index is 1.87. The summed E-state index contributed by atoms with van der Waals surface area (Å²) in [5.74, 6) is 5.89. The summed E-state index contributed by atoms with van der Waals surface area (Å²) in [7, 11) is 0. The zero-order valence-corrected chi connectivity index (χ0v) is 9.08. The van der Waals surface area contributed by atoms with Crippen molar-refractivity contribution >= 4 is 0 Å². The lowest BCUT2D eigenvalue weighted by Crippen LogP contribution is -2.36. The molecule has 0 unspecified atom stereocenters. The fourth-order valence-corrected chi connectivity index (χ4v) is 1.55. The third-order valence-corrected chi connectivity index (χ3v) is 2.48. The summed E-state index contributed by atoms with van der Waals surface area (Å²) in [4.78, 5) is 2.25. The highest BCUT2D eigenvalue weighted by molar-refractivity contribution is 5.34. The average molecular weight is 219 g/mol. The van der Waals surface area contributed by atoms with Crippen LogP contribution >= 0.6 is 0 Å². The van der Waals surface area contributed by atoms with Crippen LogP contribution in [-0.2, 0) is 4.74 Å². The topological polar surface area (TPSA) is 12.5 Å². The van der Waals surface area contributed by atoms with Gasteiger partial charge in [0.1, 0.15) is 5.82 Å². The highest BCUT2D eigenvalue weighted by atomic mass is 19.1. The van der Waals surface area contributed by atoms with Crippen LogP contribution < -0.4 is 0 Å². The van der Waals surface area contributed by atoms with Gasteiger partial charge in [0.2, 0.25) is 0 Å². The molecule has 0 saturated carbocycles.